The Balaban J connectivity index is 0.00000210. The van der Waals surface area contributed by atoms with Crippen molar-refractivity contribution >= 4 is 42.1 Å². The lowest BCUT2D eigenvalue weighted by atomic mass is 10.1. The molecule has 2 aromatic rings. The predicted octanol–water partition coefficient (Wildman–Crippen LogP) is 3.53. The summed E-state index contributed by atoms with van der Waals surface area (Å²) in [5.74, 6) is -0.519. The molecule has 162 valence electrons. The Kier molecular flexibility index (Phi) is 9.84. The van der Waals surface area contributed by atoms with Crippen molar-refractivity contribution < 1.29 is 18.0 Å². The second-order valence-corrected chi connectivity index (χ2v) is 7.29. The van der Waals surface area contributed by atoms with E-state index in [9.17, 15) is 18.0 Å². The molecular weight excluding hydrogens is 448 g/mol. The summed E-state index contributed by atoms with van der Waals surface area (Å²) in [7, 11) is 0. The third kappa shape index (κ3) is 6.82. The van der Waals surface area contributed by atoms with Crippen molar-refractivity contribution in [2.75, 3.05) is 32.7 Å². The number of benzene rings is 1. The van der Waals surface area contributed by atoms with Crippen LogP contribution in [-0.2, 0) is 0 Å². The van der Waals surface area contributed by atoms with Gasteiger partial charge >= 0.3 is 6.18 Å². The minimum atomic E-state index is -4.40. The molecule has 1 amide bonds. The van der Waals surface area contributed by atoms with E-state index in [1.807, 2.05) is 18.4 Å². The fraction of sp³-hybridized carbons (Fsp3) is 0.444. The van der Waals surface area contributed by atoms with Gasteiger partial charge in [0, 0.05) is 54.9 Å². The molecule has 1 aliphatic heterocycles. The summed E-state index contributed by atoms with van der Waals surface area (Å²) in [6.45, 7) is 3.04. The van der Waals surface area contributed by atoms with E-state index in [-0.39, 0.29) is 24.8 Å². The Morgan fingerprint density at radius 1 is 1.31 bits per heavy atom. The first-order chi connectivity index (χ1) is 12.8. The fourth-order valence-corrected chi connectivity index (χ4v) is 3.81. The number of aromatic nitrogens is 1. The van der Waals surface area contributed by atoms with Crippen LogP contribution in [0.3, 0.4) is 0 Å². The van der Waals surface area contributed by atoms with Gasteiger partial charge in [-0.2, -0.15) is 13.2 Å². The van der Waals surface area contributed by atoms with Crippen LogP contribution < -0.4 is 10.6 Å². The van der Waals surface area contributed by atoms with Crippen LogP contribution in [0.25, 0.3) is 10.6 Å². The first kappa shape index (κ1) is 25.6. The van der Waals surface area contributed by atoms with Gasteiger partial charge < -0.3 is 10.6 Å². The van der Waals surface area contributed by atoms with Crippen LogP contribution >= 0.6 is 36.2 Å². The summed E-state index contributed by atoms with van der Waals surface area (Å²) in [6.07, 6.45) is -4.40. The molecule has 1 aliphatic rings. The van der Waals surface area contributed by atoms with Crippen LogP contribution in [-0.4, -0.2) is 60.7 Å². The molecule has 1 aromatic heterocycles. The maximum atomic E-state index is 13.4. The van der Waals surface area contributed by atoms with Gasteiger partial charge in [-0.1, -0.05) is 12.1 Å². The average Bonchev–Trinajstić information content (AvgIpc) is 3.08. The van der Waals surface area contributed by atoms with Gasteiger partial charge in [-0.05, 0) is 19.1 Å². The molecule has 2 heterocycles. The van der Waals surface area contributed by atoms with E-state index in [2.05, 4.69) is 15.6 Å². The molecule has 1 aromatic carbocycles. The molecule has 11 heteroatoms. The van der Waals surface area contributed by atoms with Crippen LogP contribution in [0, 0.1) is 6.92 Å². The van der Waals surface area contributed by atoms with Crippen molar-refractivity contribution in [2.24, 2.45) is 0 Å². The van der Waals surface area contributed by atoms with Gasteiger partial charge in [0.15, 0.2) is 0 Å². The minimum Gasteiger partial charge on any atom is -0.350 e. The van der Waals surface area contributed by atoms with Gasteiger partial charge in [0.05, 0.1) is 0 Å². The van der Waals surface area contributed by atoms with Gasteiger partial charge in [-0.15, -0.1) is 36.2 Å². The van der Waals surface area contributed by atoms with E-state index < -0.39 is 24.7 Å². The van der Waals surface area contributed by atoms with Gasteiger partial charge in [-0.25, -0.2) is 4.98 Å². The SMILES string of the molecule is Cc1csc(-c2cccc(C(=O)NCC(N3CCNCC3)C(F)(F)F)c2)n1.Cl.Cl. The highest BCUT2D eigenvalue weighted by Crippen LogP contribution is 2.26. The number of carbonyl (C=O) groups is 1. The number of amides is 1. The van der Waals surface area contributed by atoms with Gasteiger partial charge in [0.25, 0.3) is 5.91 Å². The van der Waals surface area contributed by atoms with Gasteiger partial charge in [0.1, 0.15) is 11.0 Å². The van der Waals surface area contributed by atoms with Crippen LogP contribution in [0.15, 0.2) is 29.6 Å². The first-order valence-corrected chi connectivity index (χ1v) is 9.55. The van der Waals surface area contributed by atoms with E-state index in [1.54, 1.807) is 18.2 Å². The third-order valence-electron chi connectivity index (χ3n) is 4.42. The number of nitrogens with zero attached hydrogens (tertiary/aromatic N) is 2. The summed E-state index contributed by atoms with van der Waals surface area (Å²) >= 11 is 1.46. The van der Waals surface area contributed by atoms with Crippen LogP contribution in [0.2, 0.25) is 0 Å². The summed E-state index contributed by atoms with van der Waals surface area (Å²) in [5.41, 5.74) is 1.98. The van der Waals surface area contributed by atoms with E-state index in [0.29, 0.717) is 31.7 Å². The highest BCUT2D eigenvalue weighted by atomic mass is 35.5. The summed E-state index contributed by atoms with van der Waals surface area (Å²) in [5, 5.41) is 8.16. The molecular formula is C18H23Cl2F3N4OS. The molecule has 0 bridgehead atoms. The second kappa shape index (κ2) is 11.1. The van der Waals surface area contributed by atoms with E-state index in [0.717, 1.165) is 16.3 Å². The zero-order chi connectivity index (χ0) is 19.4. The van der Waals surface area contributed by atoms with E-state index in [4.69, 9.17) is 0 Å². The lowest BCUT2D eigenvalue weighted by molar-refractivity contribution is -0.183. The highest BCUT2D eigenvalue weighted by molar-refractivity contribution is 7.13. The van der Waals surface area contributed by atoms with Crippen molar-refractivity contribution in [1.82, 2.24) is 20.5 Å². The Hall–Kier alpha value is -1.39. The zero-order valence-corrected chi connectivity index (χ0v) is 18.1. The number of halogens is 5. The van der Waals surface area contributed by atoms with Crippen LogP contribution in [0.1, 0.15) is 16.1 Å². The average molecular weight is 471 g/mol. The molecule has 5 nitrogen and oxygen atoms in total. The summed E-state index contributed by atoms with van der Waals surface area (Å²) < 4.78 is 40.3. The fourth-order valence-electron chi connectivity index (χ4n) is 3.02. The summed E-state index contributed by atoms with van der Waals surface area (Å²) in [6, 6.07) is 5.09. The monoisotopic (exact) mass is 470 g/mol. The summed E-state index contributed by atoms with van der Waals surface area (Å²) in [4.78, 5) is 18.2. The third-order valence-corrected chi connectivity index (χ3v) is 5.43. The number of aryl methyl sites for hydroxylation is 1. The van der Waals surface area contributed by atoms with Gasteiger partial charge in [0.2, 0.25) is 0 Å². The molecule has 0 saturated carbocycles. The van der Waals surface area contributed by atoms with Crippen molar-refractivity contribution in [2.45, 2.75) is 19.1 Å². The molecule has 3 rings (SSSR count). The number of hydrogen-bond donors (Lipinski definition) is 2. The van der Waals surface area contributed by atoms with Crippen molar-refractivity contribution in [3.8, 4) is 10.6 Å². The van der Waals surface area contributed by atoms with Crippen molar-refractivity contribution in [3.63, 3.8) is 0 Å². The molecule has 1 saturated heterocycles. The molecule has 0 radical (unpaired) electrons. The lowest BCUT2D eigenvalue weighted by Crippen LogP contribution is -2.57. The Morgan fingerprint density at radius 2 is 2.00 bits per heavy atom. The van der Waals surface area contributed by atoms with Crippen molar-refractivity contribution in [3.05, 3.63) is 40.9 Å². The number of hydrogen-bond acceptors (Lipinski definition) is 5. The number of nitrogens with one attached hydrogen (secondary N) is 2. The topological polar surface area (TPSA) is 57.3 Å². The molecule has 1 atom stereocenters. The minimum absolute atomic E-state index is 0. The molecule has 0 spiro atoms. The predicted molar refractivity (Wildman–Crippen MR) is 113 cm³/mol. The highest BCUT2D eigenvalue weighted by Gasteiger charge is 2.43. The molecule has 0 aliphatic carbocycles. The van der Waals surface area contributed by atoms with E-state index >= 15 is 0 Å². The smallest absolute Gasteiger partial charge is 0.350 e. The molecule has 1 fully saturated rings. The Labute approximate surface area is 183 Å². The Bertz CT molecular complexity index is 797. The molecule has 29 heavy (non-hydrogen) atoms. The molecule has 1 unspecified atom stereocenters. The van der Waals surface area contributed by atoms with Gasteiger partial charge in [-0.3, -0.25) is 9.69 Å². The maximum Gasteiger partial charge on any atom is 0.405 e. The maximum absolute atomic E-state index is 13.4. The quantitative estimate of drug-likeness (QED) is 0.701. The number of piperazine rings is 1. The zero-order valence-electron chi connectivity index (χ0n) is 15.7. The van der Waals surface area contributed by atoms with Crippen LogP contribution in [0.4, 0.5) is 13.2 Å². The number of carbonyl (C=O) groups excluding carboxylic acids is 1. The van der Waals surface area contributed by atoms with E-state index in [1.165, 1.54) is 16.2 Å². The largest absolute Gasteiger partial charge is 0.405 e. The van der Waals surface area contributed by atoms with Crippen LogP contribution in [0.5, 0.6) is 0 Å². The second-order valence-electron chi connectivity index (χ2n) is 6.43. The lowest BCUT2D eigenvalue weighted by Gasteiger charge is -2.35. The Morgan fingerprint density at radius 3 is 2.59 bits per heavy atom. The number of alkyl halides is 3. The normalized spacial score (nSPS) is 15.7. The first-order valence-electron chi connectivity index (χ1n) is 8.67. The standard InChI is InChI=1S/C18H21F3N4OS.2ClH/c1-12-11-27-17(24-12)14-4-2-3-13(9-14)16(26)23-10-15(18(19,20)21)25-7-5-22-6-8-25;;/h2-4,9,11,15,22H,5-8,10H2,1H3,(H,23,26);2*1H. The van der Waals surface area contributed by atoms with Crippen molar-refractivity contribution in [1.29, 1.82) is 0 Å². The molecule has 2 N–H and O–H groups in total. The number of thiazole rings is 1. The number of rotatable bonds is 5.